The molecule has 0 aromatic rings. The topological polar surface area (TPSA) is 52.7 Å². The van der Waals surface area contributed by atoms with Gasteiger partial charge in [-0.15, -0.1) is 0 Å². The zero-order valence-electron chi connectivity index (χ0n) is 12.0. The van der Waals surface area contributed by atoms with Gasteiger partial charge in [-0.25, -0.2) is 0 Å². The molecule has 0 aromatic carbocycles. The van der Waals surface area contributed by atoms with Gasteiger partial charge in [-0.05, 0) is 19.4 Å². The maximum absolute atomic E-state index is 12.3. The Morgan fingerprint density at radius 3 is 2.21 bits per heavy atom. The minimum Gasteiger partial charge on any atom is -0.339 e. The fourth-order valence-corrected chi connectivity index (χ4v) is 2.80. The highest BCUT2D eigenvalue weighted by molar-refractivity contribution is 5.83. The molecule has 0 unspecified atom stereocenters. The molecule has 2 heterocycles. The summed E-state index contributed by atoms with van der Waals surface area (Å²) in [5.41, 5.74) is 0. The van der Waals surface area contributed by atoms with Gasteiger partial charge in [0.15, 0.2) is 0 Å². The van der Waals surface area contributed by atoms with E-state index in [1.54, 1.807) is 0 Å². The minimum absolute atomic E-state index is 0.00102. The molecule has 0 radical (unpaired) electrons. The summed E-state index contributed by atoms with van der Waals surface area (Å²) in [4.78, 5) is 28.0. The van der Waals surface area contributed by atoms with Crippen LogP contribution < -0.4 is 5.32 Å². The maximum Gasteiger partial charge on any atom is 0.239 e. The predicted octanol–water partition coefficient (Wildman–Crippen LogP) is 0.455. The first kappa shape index (κ1) is 14.3. The summed E-state index contributed by atoms with van der Waals surface area (Å²) in [7, 11) is 0. The highest BCUT2D eigenvalue weighted by atomic mass is 16.2. The number of nitrogens with zero attached hydrogens (tertiary/aromatic N) is 2. The van der Waals surface area contributed by atoms with Crippen LogP contribution in [-0.4, -0.2) is 60.4 Å². The van der Waals surface area contributed by atoms with Gasteiger partial charge in [-0.3, -0.25) is 9.59 Å². The summed E-state index contributed by atoms with van der Waals surface area (Å²) in [6, 6.07) is 0.00102. The first-order valence-electron chi connectivity index (χ1n) is 7.40. The molecule has 1 N–H and O–H groups in total. The molecule has 108 valence electrons. The Kier molecular flexibility index (Phi) is 4.80. The second kappa shape index (κ2) is 6.37. The molecule has 2 aliphatic heterocycles. The highest BCUT2D eigenvalue weighted by Crippen LogP contribution is 2.13. The van der Waals surface area contributed by atoms with Gasteiger partial charge in [0.05, 0.1) is 6.04 Å². The Labute approximate surface area is 115 Å². The summed E-state index contributed by atoms with van der Waals surface area (Å²) >= 11 is 0. The van der Waals surface area contributed by atoms with Crippen LogP contribution in [0.4, 0.5) is 0 Å². The molecule has 5 heteroatoms. The number of carbonyl (C=O) groups is 2. The van der Waals surface area contributed by atoms with Gasteiger partial charge in [-0.2, -0.15) is 0 Å². The molecule has 0 aliphatic carbocycles. The SMILES string of the molecule is CC(C)C(=O)N1CCN(C(=O)[C@H]2CCCCN2)CC1. The van der Waals surface area contributed by atoms with Crippen molar-refractivity contribution >= 4 is 11.8 Å². The van der Waals surface area contributed by atoms with Crippen molar-refractivity contribution in [3.8, 4) is 0 Å². The summed E-state index contributed by atoms with van der Waals surface area (Å²) in [5, 5.41) is 3.30. The van der Waals surface area contributed by atoms with Crippen LogP contribution >= 0.6 is 0 Å². The molecule has 0 spiro atoms. The van der Waals surface area contributed by atoms with E-state index in [-0.39, 0.29) is 23.8 Å². The molecule has 19 heavy (non-hydrogen) atoms. The van der Waals surface area contributed by atoms with E-state index in [4.69, 9.17) is 0 Å². The number of piperidine rings is 1. The van der Waals surface area contributed by atoms with Crippen LogP contribution in [0.15, 0.2) is 0 Å². The van der Waals surface area contributed by atoms with Crippen molar-refractivity contribution in [1.82, 2.24) is 15.1 Å². The van der Waals surface area contributed by atoms with Gasteiger partial charge >= 0.3 is 0 Å². The van der Waals surface area contributed by atoms with E-state index in [1.165, 1.54) is 6.42 Å². The zero-order valence-corrected chi connectivity index (χ0v) is 12.0. The van der Waals surface area contributed by atoms with E-state index >= 15 is 0 Å². The summed E-state index contributed by atoms with van der Waals surface area (Å²) < 4.78 is 0. The number of nitrogens with one attached hydrogen (secondary N) is 1. The Hall–Kier alpha value is -1.10. The largest absolute Gasteiger partial charge is 0.339 e. The van der Waals surface area contributed by atoms with Crippen LogP contribution in [0, 0.1) is 5.92 Å². The third kappa shape index (κ3) is 3.47. The molecule has 2 amide bonds. The standard InChI is InChI=1S/C14H25N3O2/c1-11(2)13(18)16-7-9-17(10-8-16)14(19)12-5-3-4-6-15-12/h11-12,15H,3-10H2,1-2H3/t12-/m1/s1. The van der Waals surface area contributed by atoms with Crippen molar-refractivity contribution in [3.05, 3.63) is 0 Å². The molecular weight excluding hydrogens is 242 g/mol. The van der Waals surface area contributed by atoms with Crippen LogP contribution in [0.5, 0.6) is 0 Å². The van der Waals surface area contributed by atoms with Gasteiger partial charge in [0.25, 0.3) is 0 Å². The minimum atomic E-state index is 0.00102. The van der Waals surface area contributed by atoms with Gasteiger partial charge in [0.1, 0.15) is 0 Å². The molecule has 0 aromatic heterocycles. The lowest BCUT2D eigenvalue weighted by Gasteiger charge is -2.37. The fraction of sp³-hybridized carbons (Fsp3) is 0.857. The molecule has 2 saturated heterocycles. The van der Waals surface area contributed by atoms with Crippen molar-refractivity contribution < 1.29 is 9.59 Å². The quantitative estimate of drug-likeness (QED) is 0.790. The number of carbonyl (C=O) groups excluding carboxylic acids is 2. The van der Waals surface area contributed by atoms with Crippen molar-refractivity contribution in [2.24, 2.45) is 5.92 Å². The van der Waals surface area contributed by atoms with Crippen LogP contribution in [0.1, 0.15) is 33.1 Å². The second-order valence-electron chi connectivity index (χ2n) is 5.81. The Morgan fingerprint density at radius 2 is 1.68 bits per heavy atom. The van der Waals surface area contributed by atoms with Gasteiger partial charge in [-0.1, -0.05) is 20.3 Å². The third-order valence-corrected chi connectivity index (χ3v) is 4.01. The first-order chi connectivity index (χ1) is 9.09. The van der Waals surface area contributed by atoms with Gasteiger partial charge in [0.2, 0.25) is 11.8 Å². The first-order valence-corrected chi connectivity index (χ1v) is 7.40. The molecule has 5 nitrogen and oxygen atoms in total. The normalized spacial score (nSPS) is 24.7. The average Bonchev–Trinajstić information content (AvgIpc) is 2.46. The number of hydrogen-bond donors (Lipinski definition) is 1. The predicted molar refractivity (Wildman–Crippen MR) is 73.6 cm³/mol. The van der Waals surface area contributed by atoms with Crippen molar-refractivity contribution in [3.63, 3.8) is 0 Å². The zero-order chi connectivity index (χ0) is 13.8. The lowest BCUT2D eigenvalue weighted by Crippen LogP contribution is -2.56. The summed E-state index contributed by atoms with van der Waals surface area (Å²) in [6.07, 6.45) is 3.25. The average molecular weight is 267 g/mol. The number of piperazine rings is 1. The molecule has 2 fully saturated rings. The maximum atomic E-state index is 12.3. The van der Waals surface area contributed by atoms with Crippen molar-refractivity contribution in [2.75, 3.05) is 32.7 Å². The van der Waals surface area contributed by atoms with E-state index in [1.807, 2.05) is 23.6 Å². The number of amides is 2. The molecular formula is C14H25N3O2. The van der Waals surface area contributed by atoms with Crippen molar-refractivity contribution in [1.29, 1.82) is 0 Å². The van der Waals surface area contributed by atoms with E-state index in [9.17, 15) is 9.59 Å². The Bertz CT molecular complexity index is 330. The Balaban J connectivity index is 1.82. The highest BCUT2D eigenvalue weighted by Gasteiger charge is 2.29. The van der Waals surface area contributed by atoms with E-state index < -0.39 is 0 Å². The molecule has 2 aliphatic rings. The second-order valence-corrected chi connectivity index (χ2v) is 5.81. The van der Waals surface area contributed by atoms with Crippen LogP contribution in [-0.2, 0) is 9.59 Å². The lowest BCUT2D eigenvalue weighted by molar-refractivity contribution is -0.142. The summed E-state index contributed by atoms with van der Waals surface area (Å²) in [5.74, 6) is 0.460. The van der Waals surface area contributed by atoms with Crippen LogP contribution in [0.25, 0.3) is 0 Å². The number of hydrogen-bond acceptors (Lipinski definition) is 3. The molecule has 0 bridgehead atoms. The molecule has 2 rings (SSSR count). The monoisotopic (exact) mass is 267 g/mol. The van der Waals surface area contributed by atoms with Crippen LogP contribution in [0.3, 0.4) is 0 Å². The Morgan fingerprint density at radius 1 is 1.05 bits per heavy atom. The van der Waals surface area contributed by atoms with E-state index in [0.717, 1.165) is 19.4 Å². The molecule has 1 atom stereocenters. The van der Waals surface area contributed by atoms with Gasteiger partial charge in [0, 0.05) is 32.1 Å². The fourth-order valence-electron chi connectivity index (χ4n) is 2.80. The lowest BCUT2D eigenvalue weighted by atomic mass is 10.0. The van der Waals surface area contributed by atoms with Crippen LogP contribution in [0.2, 0.25) is 0 Å². The van der Waals surface area contributed by atoms with Gasteiger partial charge < -0.3 is 15.1 Å². The smallest absolute Gasteiger partial charge is 0.239 e. The van der Waals surface area contributed by atoms with Crippen molar-refractivity contribution in [2.45, 2.75) is 39.2 Å². The van der Waals surface area contributed by atoms with E-state index in [2.05, 4.69) is 5.32 Å². The van der Waals surface area contributed by atoms with E-state index in [0.29, 0.717) is 26.2 Å². The third-order valence-electron chi connectivity index (χ3n) is 4.01. The summed E-state index contributed by atoms with van der Waals surface area (Å²) in [6.45, 7) is 7.50. The number of rotatable bonds is 2. The molecule has 0 saturated carbocycles.